The lowest BCUT2D eigenvalue weighted by Crippen LogP contribution is -2.25. The molecule has 22 heavy (non-hydrogen) atoms. The number of aryl methyl sites for hydroxylation is 1. The Balaban J connectivity index is 1.76. The second-order valence-electron chi connectivity index (χ2n) is 5.51. The summed E-state index contributed by atoms with van der Waals surface area (Å²) in [6.45, 7) is 4.33. The summed E-state index contributed by atoms with van der Waals surface area (Å²) in [7, 11) is -3.43. The molecular formula is C16H20N2O2S2. The van der Waals surface area contributed by atoms with Crippen molar-refractivity contribution in [3.63, 3.8) is 0 Å². The first-order chi connectivity index (χ1) is 10.6. The van der Waals surface area contributed by atoms with E-state index in [0.717, 1.165) is 29.2 Å². The maximum Gasteiger partial charge on any atom is 0.250 e. The summed E-state index contributed by atoms with van der Waals surface area (Å²) in [5.74, 6) is 0. The first-order valence-electron chi connectivity index (χ1n) is 7.45. The van der Waals surface area contributed by atoms with Crippen molar-refractivity contribution in [2.24, 2.45) is 0 Å². The van der Waals surface area contributed by atoms with E-state index < -0.39 is 10.0 Å². The quantitative estimate of drug-likeness (QED) is 0.912. The van der Waals surface area contributed by atoms with Crippen LogP contribution < -0.4 is 9.62 Å². The van der Waals surface area contributed by atoms with Crippen LogP contribution in [-0.4, -0.2) is 21.5 Å². The SMILES string of the molecule is Cc1ccc(S(=O)(=O)NCc2ccccc2N2CCCC2)s1. The van der Waals surface area contributed by atoms with Crippen molar-refractivity contribution >= 4 is 27.0 Å². The fraction of sp³-hybridized carbons (Fsp3) is 0.375. The molecule has 1 aromatic carbocycles. The smallest absolute Gasteiger partial charge is 0.250 e. The zero-order valence-electron chi connectivity index (χ0n) is 12.6. The minimum Gasteiger partial charge on any atom is -0.371 e. The van der Waals surface area contributed by atoms with Crippen LogP contribution >= 0.6 is 11.3 Å². The number of hydrogen-bond donors (Lipinski definition) is 1. The molecule has 1 saturated heterocycles. The molecule has 1 fully saturated rings. The van der Waals surface area contributed by atoms with E-state index in [9.17, 15) is 8.42 Å². The summed E-state index contributed by atoms with van der Waals surface area (Å²) in [4.78, 5) is 3.33. The van der Waals surface area contributed by atoms with Gasteiger partial charge in [0.1, 0.15) is 4.21 Å². The van der Waals surface area contributed by atoms with E-state index in [0.29, 0.717) is 10.8 Å². The summed E-state index contributed by atoms with van der Waals surface area (Å²) in [5.41, 5.74) is 2.17. The number of nitrogens with one attached hydrogen (secondary N) is 1. The lowest BCUT2D eigenvalue weighted by molar-refractivity contribution is 0.583. The van der Waals surface area contributed by atoms with Crippen molar-refractivity contribution in [1.29, 1.82) is 0 Å². The van der Waals surface area contributed by atoms with E-state index in [4.69, 9.17) is 0 Å². The van der Waals surface area contributed by atoms with Gasteiger partial charge in [0.15, 0.2) is 0 Å². The number of sulfonamides is 1. The monoisotopic (exact) mass is 336 g/mol. The Hall–Kier alpha value is -1.37. The van der Waals surface area contributed by atoms with Crippen LogP contribution in [0.3, 0.4) is 0 Å². The van der Waals surface area contributed by atoms with Crippen LogP contribution in [0.2, 0.25) is 0 Å². The van der Waals surface area contributed by atoms with Gasteiger partial charge in [-0.1, -0.05) is 18.2 Å². The number of benzene rings is 1. The minimum atomic E-state index is -3.43. The van der Waals surface area contributed by atoms with Gasteiger partial charge in [0.05, 0.1) is 0 Å². The van der Waals surface area contributed by atoms with Crippen LogP contribution in [-0.2, 0) is 16.6 Å². The topological polar surface area (TPSA) is 49.4 Å². The van der Waals surface area contributed by atoms with Crippen LogP contribution in [0.25, 0.3) is 0 Å². The minimum absolute atomic E-state index is 0.325. The molecule has 0 atom stereocenters. The highest BCUT2D eigenvalue weighted by Crippen LogP contribution is 2.25. The molecule has 2 heterocycles. The zero-order valence-corrected chi connectivity index (χ0v) is 14.2. The third-order valence-corrected chi connectivity index (χ3v) is 6.77. The Bertz CT molecular complexity index is 747. The molecular weight excluding hydrogens is 316 g/mol. The van der Waals surface area contributed by atoms with Crippen LogP contribution in [0.5, 0.6) is 0 Å². The summed E-state index contributed by atoms with van der Waals surface area (Å²) in [5, 5.41) is 0. The second kappa shape index (κ2) is 6.40. The molecule has 2 aromatic rings. The Kier molecular flexibility index (Phi) is 4.52. The van der Waals surface area contributed by atoms with Gasteiger partial charge in [0, 0.05) is 30.2 Å². The number of anilines is 1. The normalized spacial score (nSPS) is 15.4. The van der Waals surface area contributed by atoms with E-state index in [1.54, 1.807) is 6.07 Å². The highest BCUT2D eigenvalue weighted by molar-refractivity contribution is 7.91. The molecule has 0 amide bonds. The molecule has 0 saturated carbocycles. The first kappa shape index (κ1) is 15.5. The molecule has 1 aromatic heterocycles. The predicted molar refractivity (Wildman–Crippen MR) is 91.0 cm³/mol. The molecule has 0 spiro atoms. The average molecular weight is 336 g/mol. The second-order valence-corrected chi connectivity index (χ2v) is 8.79. The van der Waals surface area contributed by atoms with Crippen LogP contribution in [0, 0.1) is 6.92 Å². The van der Waals surface area contributed by atoms with E-state index in [1.807, 2.05) is 31.2 Å². The van der Waals surface area contributed by atoms with Gasteiger partial charge in [0.25, 0.3) is 0 Å². The number of para-hydroxylation sites is 1. The molecule has 1 N–H and O–H groups in total. The molecule has 0 radical (unpaired) electrons. The molecule has 118 valence electrons. The van der Waals surface area contributed by atoms with Gasteiger partial charge in [-0.25, -0.2) is 13.1 Å². The average Bonchev–Trinajstić information content (AvgIpc) is 3.17. The Labute approximate surface area is 135 Å². The molecule has 1 aliphatic rings. The van der Waals surface area contributed by atoms with E-state index in [-0.39, 0.29) is 0 Å². The number of rotatable bonds is 5. The number of hydrogen-bond acceptors (Lipinski definition) is 4. The van der Waals surface area contributed by atoms with Crippen molar-refractivity contribution < 1.29 is 8.42 Å². The fourth-order valence-electron chi connectivity index (χ4n) is 2.73. The highest BCUT2D eigenvalue weighted by atomic mass is 32.2. The van der Waals surface area contributed by atoms with Gasteiger partial charge in [-0.2, -0.15) is 0 Å². The standard InChI is InChI=1S/C16H20N2O2S2/c1-13-8-9-16(21-13)22(19,20)17-12-14-6-2-3-7-15(14)18-10-4-5-11-18/h2-3,6-9,17H,4-5,10-12H2,1H3. The van der Waals surface area contributed by atoms with Crippen LogP contribution in [0.4, 0.5) is 5.69 Å². The van der Waals surface area contributed by atoms with E-state index >= 15 is 0 Å². The van der Waals surface area contributed by atoms with Gasteiger partial charge in [-0.05, 0) is 43.5 Å². The molecule has 1 aliphatic heterocycles. The van der Waals surface area contributed by atoms with Crippen molar-refractivity contribution in [3.8, 4) is 0 Å². The van der Waals surface area contributed by atoms with Gasteiger partial charge in [-0.15, -0.1) is 11.3 Å². The van der Waals surface area contributed by atoms with Gasteiger partial charge >= 0.3 is 0 Å². The molecule has 0 unspecified atom stereocenters. The summed E-state index contributed by atoms with van der Waals surface area (Å²) in [6.07, 6.45) is 2.41. The van der Waals surface area contributed by atoms with Crippen LogP contribution in [0.15, 0.2) is 40.6 Å². The molecule has 0 bridgehead atoms. The predicted octanol–water partition coefficient (Wildman–Crippen LogP) is 3.14. The van der Waals surface area contributed by atoms with Crippen LogP contribution in [0.1, 0.15) is 23.3 Å². The first-order valence-corrected chi connectivity index (χ1v) is 9.75. The molecule has 3 rings (SSSR count). The van der Waals surface area contributed by atoms with Crippen molar-refractivity contribution in [1.82, 2.24) is 4.72 Å². The molecule has 0 aliphatic carbocycles. The lowest BCUT2D eigenvalue weighted by Gasteiger charge is -2.21. The third kappa shape index (κ3) is 3.34. The molecule has 6 heteroatoms. The maximum atomic E-state index is 12.3. The van der Waals surface area contributed by atoms with Gasteiger partial charge < -0.3 is 4.90 Å². The van der Waals surface area contributed by atoms with Gasteiger partial charge in [0.2, 0.25) is 10.0 Å². The van der Waals surface area contributed by atoms with Crippen molar-refractivity contribution in [3.05, 3.63) is 46.8 Å². The summed E-state index contributed by atoms with van der Waals surface area (Å²) < 4.78 is 27.8. The maximum absolute atomic E-state index is 12.3. The third-order valence-electron chi connectivity index (χ3n) is 3.87. The van der Waals surface area contributed by atoms with Crippen molar-refractivity contribution in [2.45, 2.75) is 30.5 Å². The summed E-state index contributed by atoms with van der Waals surface area (Å²) in [6, 6.07) is 11.5. The van der Waals surface area contributed by atoms with Gasteiger partial charge in [-0.3, -0.25) is 0 Å². The summed E-state index contributed by atoms with van der Waals surface area (Å²) >= 11 is 1.30. The Morgan fingerprint density at radius 1 is 1.14 bits per heavy atom. The number of nitrogens with zero attached hydrogens (tertiary/aromatic N) is 1. The number of thiophene rings is 1. The zero-order chi connectivity index (χ0) is 15.6. The van der Waals surface area contributed by atoms with Crippen molar-refractivity contribution in [2.75, 3.05) is 18.0 Å². The highest BCUT2D eigenvalue weighted by Gasteiger charge is 2.19. The fourth-order valence-corrected chi connectivity index (χ4v) is 5.06. The Morgan fingerprint density at radius 2 is 1.86 bits per heavy atom. The molecule has 4 nitrogen and oxygen atoms in total. The van der Waals surface area contributed by atoms with E-state index in [2.05, 4.69) is 15.7 Å². The van der Waals surface area contributed by atoms with E-state index in [1.165, 1.54) is 24.2 Å². The Morgan fingerprint density at radius 3 is 2.55 bits per heavy atom. The largest absolute Gasteiger partial charge is 0.371 e. The lowest BCUT2D eigenvalue weighted by atomic mass is 10.1.